The summed E-state index contributed by atoms with van der Waals surface area (Å²) in [5.74, 6) is 0. The van der Waals surface area contributed by atoms with E-state index in [1.807, 2.05) is 0 Å². The fourth-order valence-corrected chi connectivity index (χ4v) is 8.60. The molecule has 0 fully saturated rings. The minimum atomic E-state index is -0.104. The van der Waals surface area contributed by atoms with Crippen molar-refractivity contribution < 1.29 is 4.42 Å². The van der Waals surface area contributed by atoms with Gasteiger partial charge >= 0.3 is 0 Å². The molecule has 0 saturated heterocycles. The Balaban J connectivity index is 1.54. The van der Waals surface area contributed by atoms with Gasteiger partial charge in [0.05, 0.1) is 11.3 Å². The van der Waals surface area contributed by atoms with E-state index >= 15 is 0 Å². The van der Waals surface area contributed by atoms with Crippen LogP contribution in [0.4, 0.5) is 34.1 Å². The van der Waals surface area contributed by atoms with Crippen molar-refractivity contribution in [2.75, 3.05) is 9.80 Å². The first-order valence-corrected chi connectivity index (χ1v) is 20.6. The van der Waals surface area contributed by atoms with E-state index in [2.05, 4.69) is 211 Å². The fourth-order valence-electron chi connectivity index (χ4n) is 8.60. The molecule has 0 N–H and O–H groups in total. The molecule has 0 amide bonds. The molecule has 3 nitrogen and oxygen atoms in total. The molecule has 0 radical (unpaired) electrons. The molecular formula is C52H61BN2O. The number of rotatable bonds is 2. The average molecular weight is 741 g/mol. The van der Waals surface area contributed by atoms with Crippen LogP contribution in [-0.4, -0.2) is 6.71 Å². The van der Waals surface area contributed by atoms with Crippen molar-refractivity contribution >= 4 is 68.4 Å². The lowest BCUT2D eigenvalue weighted by Gasteiger charge is -2.44. The van der Waals surface area contributed by atoms with Gasteiger partial charge in [0, 0.05) is 33.8 Å². The highest BCUT2D eigenvalue weighted by atomic mass is 16.3. The number of anilines is 6. The van der Waals surface area contributed by atoms with Gasteiger partial charge in [-0.2, -0.15) is 0 Å². The zero-order valence-electron chi connectivity index (χ0n) is 36.6. The molecule has 2 aliphatic rings. The first-order valence-electron chi connectivity index (χ1n) is 20.6. The summed E-state index contributed by atoms with van der Waals surface area (Å²) >= 11 is 0. The van der Waals surface area contributed by atoms with Crippen molar-refractivity contribution in [2.24, 2.45) is 0 Å². The molecule has 5 aromatic carbocycles. The first kappa shape index (κ1) is 38.2. The second-order valence-electron chi connectivity index (χ2n) is 21.7. The maximum atomic E-state index is 7.16. The van der Waals surface area contributed by atoms with E-state index < -0.39 is 0 Å². The van der Waals surface area contributed by atoms with Crippen molar-refractivity contribution in [2.45, 2.75) is 131 Å². The van der Waals surface area contributed by atoms with Crippen LogP contribution in [0.1, 0.15) is 132 Å². The first-order chi connectivity index (χ1) is 25.9. The van der Waals surface area contributed by atoms with Gasteiger partial charge in [0.25, 0.3) is 6.71 Å². The van der Waals surface area contributed by atoms with Gasteiger partial charge in [-0.05, 0) is 120 Å². The number of fused-ring (bicyclic) bond motifs is 6. The van der Waals surface area contributed by atoms with E-state index in [0.717, 1.165) is 28.0 Å². The van der Waals surface area contributed by atoms with Crippen molar-refractivity contribution in [3.63, 3.8) is 0 Å². The highest BCUT2D eigenvalue weighted by Crippen LogP contribution is 2.49. The molecule has 1 aromatic heterocycles. The molecule has 2 aliphatic heterocycles. The molecule has 4 heteroatoms. The second kappa shape index (κ2) is 12.4. The van der Waals surface area contributed by atoms with Gasteiger partial charge in [0.2, 0.25) is 0 Å². The number of para-hydroxylation sites is 1. The molecule has 6 aromatic rings. The Kier molecular flexibility index (Phi) is 8.46. The predicted octanol–water partition coefficient (Wildman–Crippen LogP) is 13.0. The summed E-state index contributed by atoms with van der Waals surface area (Å²) in [6, 6.07) is 37.4. The molecule has 0 saturated carbocycles. The highest BCUT2D eigenvalue weighted by Gasteiger charge is 2.48. The van der Waals surface area contributed by atoms with E-state index in [4.69, 9.17) is 4.42 Å². The average Bonchev–Trinajstić information content (AvgIpc) is 3.48. The Hall–Kier alpha value is -4.70. The maximum absolute atomic E-state index is 7.16. The van der Waals surface area contributed by atoms with Crippen LogP contribution in [0.25, 0.3) is 11.0 Å². The molecule has 8 rings (SSSR count). The third kappa shape index (κ3) is 6.28. The van der Waals surface area contributed by atoms with Gasteiger partial charge < -0.3 is 14.2 Å². The van der Waals surface area contributed by atoms with Crippen LogP contribution >= 0.6 is 0 Å². The van der Waals surface area contributed by atoms with Crippen LogP contribution < -0.4 is 26.4 Å². The van der Waals surface area contributed by atoms with E-state index in [1.54, 1.807) is 0 Å². The summed E-state index contributed by atoms with van der Waals surface area (Å²) in [5.41, 5.74) is 18.2. The molecule has 0 aliphatic carbocycles. The number of hydrogen-bond acceptors (Lipinski definition) is 3. The van der Waals surface area contributed by atoms with E-state index in [1.165, 1.54) is 61.5 Å². The van der Waals surface area contributed by atoms with Crippen molar-refractivity contribution in [1.82, 2.24) is 0 Å². The van der Waals surface area contributed by atoms with Crippen LogP contribution in [0.3, 0.4) is 0 Å². The number of nitrogens with zero attached hydrogens (tertiary/aromatic N) is 2. The Morgan fingerprint density at radius 2 is 0.929 bits per heavy atom. The van der Waals surface area contributed by atoms with Crippen molar-refractivity contribution in [3.05, 3.63) is 125 Å². The molecule has 0 spiro atoms. The van der Waals surface area contributed by atoms with Crippen molar-refractivity contribution in [3.8, 4) is 0 Å². The quantitative estimate of drug-likeness (QED) is 0.165. The molecule has 0 bridgehead atoms. The SMILES string of the molecule is CC(C)(C)c1ccc(N2c3cc(C(C)(C)C)cc4c3B(c3cc(C(C)(C)C)ccc3N4c3cc(C(C)(C)C)cc(C(C)(C)C)c3)c3oc4ccccc4c32)cc1. The Bertz CT molecular complexity index is 2470. The summed E-state index contributed by atoms with van der Waals surface area (Å²) in [7, 11) is 0. The number of furan rings is 1. The van der Waals surface area contributed by atoms with Gasteiger partial charge in [-0.3, -0.25) is 0 Å². The van der Waals surface area contributed by atoms with Crippen LogP contribution in [-0.2, 0) is 27.1 Å². The number of benzene rings is 5. The van der Waals surface area contributed by atoms with E-state index in [0.29, 0.717) is 0 Å². The largest absolute Gasteiger partial charge is 0.468 e. The third-order valence-corrected chi connectivity index (χ3v) is 12.2. The highest BCUT2D eigenvalue weighted by molar-refractivity contribution is 7.00. The van der Waals surface area contributed by atoms with E-state index in [9.17, 15) is 0 Å². The zero-order chi connectivity index (χ0) is 40.5. The van der Waals surface area contributed by atoms with Crippen LogP contribution in [0.5, 0.6) is 0 Å². The second-order valence-corrected chi connectivity index (χ2v) is 21.7. The minimum Gasteiger partial charge on any atom is -0.468 e. The minimum absolute atomic E-state index is 0.0286. The monoisotopic (exact) mass is 740 g/mol. The lowest BCUT2D eigenvalue weighted by Crippen LogP contribution is -2.61. The standard InChI is InChI=1S/C52H61BN2O/c1-48(2,3)32-20-23-37(24-21-32)55-43-31-36(52(13,14)15)30-42-45(43)53(47-46(55)39-18-16-17-19-44(39)56-47)40-29-33(49(4,5)6)22-25-41(40)54(42)38-27-34(50(7,8)9)26-35(28-38)51(10,11)12/h16-31H,1-15H3. The van der Waals surface area contributed by atoms with Gasteiger partial charge in [-0.25, -0.2) is 0 Å². The summed E-state index contributed by atoms with van der Waals surface area (Å²) in [4.78, 5) is 5.10. The van der Waals surface area contributed by atoms with Gasteiger partial charge in [-0.1, -0.05) is 146 Å². The summed E-state index contributed by atoms with van der Waals surface area (Å²) in [5, 5.41) is 1.14. The van der Waals surface area contributed by atoms with Crippen LogP contribution in [0.15, 0.2) is 101 Å². The Morgan fingerprint density at radius 3 is 1.48 bits per heavy atom. The Labute approximate surface area is 337 Å². The molecular weight excluding hydrogens is 679 g/mol. The summed E-state index contributed by atoms with van der Waals surface area (Å²) in [6.45, 7) is 34.8. The normalized spacial score (nSPS) is 14.6. The van der Waals surface area contributed by atoms with Gasteiger partial charge in [-0.15, -0.1) is 0 Å². The molecule has 0 atom stereocenters. The smallest absolute Gasteiger partial charge is 0.297 e. The molecule has 56 heavy (non-hydrogen) atoms. The summed E-state index contributed by atoms with van der Waals surface area (Å²) < 4.78 is 7.16. The van der Waals surface area contributed by atoms with Gasteiger partial charge in [0.15, 0.2) is 0 Å². The topological polar surface area (TPSA) is 19.6 Å². The van der Waals surface area contributed by atoms with Crippen LogP contribution in [0.2, 0.25) is 0 Å². The molecule has 288 valence electrons. The molecule has 0 unspecified atom stereocenters. The van der Waals surface area contributed by atoms with Crippen LogP contribution in [0, 0.1) is 0 Å². The maximum Gasteiger partial charge on any atom is 0.297 e. The fraction of sp³-hybridized carbons (Fsp3) is 0.385. The zero-order valence-corrected chi connectivity index (χ0v) is 36.6. The summed E-state index contributed by atoms with van der Waals surface area (Å²) in [6.07, 6.45) is 0. The Morgan fingerprint density at radius 1 is 0.429 bits per heavy atom. The van der Waals surface area contributed by atoms with Gasteiger partial charge in [0.1, 0.15) is 5.58 Å². The lowest BCUT2D eigenvalue weighted by atomic mass is 9.35. The number of hydrogen-bond donors (Lipinski definition) is 0. The molecule has 3 heterocycles. The lowest BCUT2D eigenvalue weighted by molar-refractivity contribution is 0.568. The third-order valence-electron chi connectivity index (χ3n) is 12.2. The van der Waals surface area contributed by atoms with Crippen molar-refractivity contribution in [1.29, 1.82) is 0 Å². The predicted molar refractivity (Wildman–Crippen MR) is 244 cm³/mol. The van der Waals surface area contributed by atoms with E-state index in [-0.39, 0.29) is 33.8 Å².